The maximum atomic E-state index is 11.9. The molecule has 2 aromatic carbocycles. The number of hydrazone groups is 1. The molecule has 0 aliphatic carbocycles. The van der Waals surface area contributed by atoms with E-state index in [0.717, 1.165) is 27.9 Å². The van der Waals surface area contributed by atoms with Crippen LogP contribution in [0.2, 0.25) is 0 Å². The number of amides is 1. The number of rotatable bonds is 4. The molecule has 1 amide bonds. The Morgan fingerprint density at radius 3 is 2.70 bits per heavy atom. The van der Waals surface area contributed by atoms with Crippen LogP contribution in [0.3, 0.4) is 0 Å². The van der Waals surface area contributed by atoms with Gasteiger partial charge in [0.15, 0.2) is 0 Å². The number of nitrogens with one attached hydrogen (secondary N) is 2. The van der Waals surface area contributed by atoms with Crippen molar-refractivity contribution in [3.63, 3.8) is 0 Å². The monoisotopic (exact) mass is 364 g/mol. The standard InChI is InChI=1S/C20H20N4O3/c1-11-15(10-21-24-20(11)25)12-4-7-16-17(8-12)23-19(22-16)14-6-5-13(26-2)9-18(14)27-3/h4-11,15H,1-3H3,(H,22,23)(H,24,25). The summed E-state index contributed by atoms with van der Waals surface area (Å²) in [4.78, 5) is 19.9. The van der Waals surface area contributed by atoms with Crippen LogP contribution in [0.25, 0.3) is 22.4 Å². The predicted molar refractivity (Wildman–Crippen MR) is 103 cm³/mol. The van der Waals surface area contributed by atoms with Crippen LogP contribution in [-0.2, 0) is 4.79 Å². The molecule has 0 radical (unpaired) electrons. The third-order valence-corrected chi connectivity index (χ3v) is 4.92. The molecule has 2 atom stereocenters. The van der Waals surface area contributed by atoms with E-state index in [4.69, 9.17) is 9.47 Å². The fraction of sp³-hybridized carbons (Fsp3) is 0.250. The lowest BCUT2D eigenvalue weighted by atomic mass is 9.87. The Labute approximate surface area is 156 Å². The smallest absolute Gasteiger partial charge is 0.243 e. The fourth-order valence-corrected chi connectivity index (χ4v) is 3.31. The van der Waals surface area contributed by atoms with E-state index in [-0.39, 0.29) is 17.7 Å². The Kier molecular flexibility index (Phi) is 4.27. The molecule has 0 saturated carbocycles. The molecular formula is C20H20N4O3. The quantitative estimate of drug-likeness (QED) is 0.745. The summed E-state index contributed by atoms with van der Waals surface area (Å²) in [7, 11) is 3.24. The highest BCUT2D eigenvalue weighted by Gasteiger charge is 2.27. The molecule has 1 aromatic heterocycles. The second-order valence-electron chi connectivity index (χ2n) is 6.50. The number of methoxy groups -OCH3 is 2. The highest BCUT2D eigenvalue weighted by atomic mass is 16.5. The first-order chi connectivity index (χ1) is 13.1. The molecule has 2 N–H and O–H groups in total. The van der Waals surface area contributed by atoms with Crippen LogP contribution in [0.5, 0.6) is 11.5 Å². The van der Waals surface area contributed by atoms with Crippen molar-refractivity contribution >= 4 is 23.2 Å². The highest BCUT2D eigenvalue weighted by molar-refractivity contribution is 5.89. The lowest BCUT2D eigenvalue weighted by molar-refractivity contribution is -0.125. The van der Waals surface area contributed by atoms with Gasteiger partial charge in [-0.1, -0.05) is 13.0 Å². The second kappa shape index (κ2) is 6.75. The van der Waals surface area contributed by atoms with Gasteiger partial charge in [0.05, 0.1) is 30.8 Å². The van der Waals surface area contributed by atoms with Crippen LogP contribution in [-0.4, -0.2) is 36.3 Å². The van der Waals surface area contributed by atoms with Gasteiger partial charge in [0, 0.05) is 24.1 Å². The summed E-state index contributed by atoms with van der Waals surface area (Å²) < 4.78 is 10.7. The van der Waals surface area contributed by atoms with E-state index in [1.54, 1.807) is 20.4 Å². The van der Waals surface area contributed by atoms with E-state index < -0.39 is 0 Å². The molecule has 0 fully saturated rings. The minimum atomic E-state index is -0.177. The predicted octanol–water partition coefficient (Wildman–Crippen LogP) is 3.08. The third kappa shape index (κ3) is 3.01. The number of carbonyl (C=O) groups is 1. The summed E-state index contributed by atoms with van der Waals surface area (Å²) >= 11 is 0. The highest BCUT2D eigenvalue weighted by Crippen LogP contribution is 2.34. The Morgan fingerprint density at radius 1 is 1.07 bits per heavy atom. The molecular weight excluding hydrogens is 344 g/mol. The molecule has 1 aliphatic rings. The van der Waals surface area contributed by atoms with Gasteiger partial charge in [-0.25, -0.2) is 10.4 Å². The Balaban J connectivity index is 1.75. The van der Waals surface area contributed by atoms with E-state index in [9.17, 15) is 4.79 Å². The van der Waals surface area contributed by atoms with Gasteiger partial charge in [-0.2, -0.15) is 5.10 Å². The van der Waals surface area contributed by atoms with Gasteiger partial charge in [0.25, 0.3) is 0 Å². The van der Waals surface area contributed by atoms with E-state index in [1.165, 1.54) is 0 Å². The van der Waals surface area contributed by atoms with Crippen LogP contribution in [0.1, 0.15) is 18.4 Å². The van der Waals surface area contributed by atoms with Gasteiger partial charge >= 0.3 is 0 Å². The van der Waals surface area contributed by atoms with Crippen molar-refractivity contribution in [3.8, 4) is 22.9 Å². The average molecular weight is 364 g/mol. The maximum Gasteiger partial charge on any atom is 0.243 e. The van der Waals surface area contributed by atoms with E-state index in [2.05, 4.69) is 20.5 Å². The van der Waals surface area contributed by atoms with Crippen molar-refractivity contribution < 1.29 is 14.3 Å². The minimum absolute atomic E-state index is 0.0644. The maximum absolute atomic E-state index is 11.9. The van der Waals surface area contributed by atoms with Crippen molar-refractivity contribution in [1.82, 2.24) is 15.4 Å². The molecule has 27 heavy (non-hydrogen) atoms. The van der Waals surface area contributed by atoms with Crippen molar-refractivity contribution in [3.05, 3.63) is 42.0 Å². The molecule has 1 aliphatic heterocycles. The Bertz CT molecular complexity index is 1040. The molecule has 0 spiro atoms. The molecule has 7 nitrogen and oxygen atoms in total. The van der Waals surface area contributed by atoms with Gasteiger partial charge < -0.3 is 14.5 Å². The first-order valence-electron chi connectivity index (χ1n) is 8.66. The summed E-state index contributed by atoms with van der Waals surface area (Å²) in [6.45, 7) is 1.90. The van der Waals surface area contributed by atoms with Crippen molar-refractivity contribution in [2.75, 3.05) is 14.2 Å². The average Bonchev–Trinajstić information content (AvgIpc) is 3.12. The van der Waals surface area contributed by atoms with E-state index in [1.807, 2.05) is 43.3 Å². The molecule has 138 valence electrons. The fourth-order valence-electron chi connectivity index (χ4n) is 3.31. The van der Waals surface area contributed by atoms with Gasteiger partial charge in [-0.15, -0.1) is 0 Å². The number of ether oxygens (including phenoxy) is 2. The van der Waals surface area contributed by atoms with Crippen LogP contribution >= 0.6 is 0 Å². The Hall–Kier alpha value is -3.35. The summed E-state index contributed by atoms with van der Waals surface area (Å²) in [6, 6.07) is 11.6. The van der Waals surface area contributed by atoms with Crippen molar-refractivity contribution in [2.45, 2.75) is 12.8 Å². The number of H-pyrrole nitrogens is 1. The molecule has 0 saturated heterocycles. The minimum Gasteiger partial charge on any atom is -0.497 e. The third-order valence-electron chi connectivity index (χ3n) is 4.92. The van der Waals surface area contributed by atoms with E-state index in [0.29, 0.717) is 11.6 Å². The number of hydrogen-bond donors (Lipinski definition) is 2. The summed E-state index contributed by atoms with van der Waals surface area (Å²) in [5.41, 5.74) is 6.11. The van der Waals surface area contributed by atoms with Gasteiger partial charge in [-0.3, -0.25) is 4.79 Å². The molecule has 7 heteroatoms. The molecule has 2 unspecified atom stereocenters. The van der Waals surface area contributed by atoms with Crippen LogP contribution in [0.4, 0.5) is 0 Å². The summed E-state index contributed by atoms with van der Waals surface area (Å²) in [5.74, 6) is 1.80. The van der Waals surface area contributed by atoms with Crippen molar-refractivity contribution in [1.29, 1.82) is 0 Å². The van der Waals surface area contributed by atoms with Gasteiger partial charge in [0.2, 0.25) is 5.91 Å². The molecule has 2 heterocycles. The number of aromatic amines is 1. The number of fused-ring (bicyclic) bond motifs is 1. The van der Waals surface area contributed by atoms with Gasteiger partial charge in [0.1, 0.15) is 17.3 Å². The largest absolute Gasteiger partial charge is 0.497 e. The summed E-state index contributed by atoms with van der Waals surface area (Å²) in [6.07, 6.45) is 1.77. The molecule has 3 aromatic rings. The van der Waals surface area contributed by atoms with Crippen LogP contribution in [0.15, 0.2) is 41.5 Å². The number of aromatic nitrogens is 2. The first kappa shape index (κ1) is 17.1. The number of carbonyl (C=O) groups excluding carboxylic acids is 1. The normalized spacial score (nSPS) is 19.1. The Morgan fingerprint density at radius 2 is 1.93 bits per heavy atom. The first-order valence-corrected chi connectivity index (χ1v) is 8.66. The van der Waals surface area contributed by atoms with Crippen LogP contribution < -0.4 is 14.9 Å². The lowest BCUT2D eigenvalue weighted by Crippen LogP contribution is -2.34. The molecule has 4 rings (SSSR count). The van der Waals surface area contributed by atoms with E-state index >= 15 is 0 Å². The number of hydrogen-bond acceptors (Lipinski definition) is 5. The SMILES string of the molecule is COc1ccc(-c2nc3ccc(C4C=NNC(=O)C4C)cc3[nH]2)c(OC)c1. The van der Waals surface area contributed by atoms with Crippen LogP contribution in [0, 0.1) is 5.92 Å². The number of imidazole rings is 1. The van der Waals surface area contributed by atoms with Gasteiger partial charge in [-0.05, 0) is 29.8 Å². The topological polar surface area (TPSA) is 88.6 Å². The summed E-state index contributed by atoms with van der Waals surface area (Å²) in [5, 5.41) is 3.96. The van der Waals surface area contributed by atoms with Crippen molar-refractivity contribution in [2.24, 2.45) is 11.0 Å². The zero-order valence-corrected chi connectivity index (χ0v) is 15.3. The number of nitrogens with zero attached hydrogens (tertiary/aromatic N) is 2. The lowest BCUT2D eigenvalue weighted by Gasteiger charge is -2.22. The number of benzene rings is 2. The second-order valence-corrected chi connectivity index (χ2v) is 6.50. The zero-order valence-electron chi connectivity index (χ0n) is 15.3. The zero-order chi connectivity index (χ0) is 19.0. The molecule has 0 bridgehead atoms.